The van der Waals surface area contributed by atoms with Gasteiger partial charge in [0.15, 0.2) is 0 Å². The lowest BCUT2D eigenvalue weighted by molar-refractivity contribution is -0.114. The molecule has 0 atom stereocenters. The van der Waals surface area contributed by atoms with Crippen LogP contribution in [0.4, 0.5) is 5.69 Å². The van der Waals surface area contributed by atoms with Crippen LogP contribution in [0.1, 0.15) is 11.1 Å². The van der Waals surface area contributed by atoms with Gasteiger partial charge in [-0.05, 0) is 35.9 Å². The maximum Gasteiger partial charge on any atom is 0.281 e. The number of hydrazone groups is 1. The van der Waals surface area contributed by atoms with Crippen molar-refractivity contribution in [1.82, 2.24) is 0 Å². The van der Waals surface area contributed by atoms with E-state index in [0.717, 1.165) is 16.8 Å². The van der Waals surface area contributed by atoms with Crippen molar-refractivity contribution in [3.05, 3.63) is 102 Å². The Morgan fingerprint density at radius 3 is 2.08 bits per heavy atom. The number of hydrogen-bond acceptors (Lipinski definition) is 3. The van der Waals surface area contributed by atoms with Crippen LogP contribution in [-0.2, 0) is 4.79 Å². The maximum absolute atomic E-state index is 13.1. The molecule has 3 aromatic carbocycles. The summed E-state index contributed by atoms with van der Waals surface area (Å²) in [5, 5.41) is 15.5. The van der Waals surface area contributed by atoms with Crippen molar-refractivity contribution in [1.29, 1.82) is 0 Å². The molecule has 0 saturated heterocycles. The number of phenols is 1. The van der Waals surface area contributed by atoms with Crippen molar-refractivity contribution < 1.29 is 9.90 Å². The summed E-state index contributed by atoms with van der Waals surface area (Å²) in [7, 11) is 0. The predicted molar refractivity (Wildman–Crippen MR) is 103 cm³/mol. The van der Waals surface area contributed by atoms with Crippen molar-refractivity contribution in [2.45, 2.75) is 0 Å². The van der Waals surface area contributed by atoms with Crippen molar-refractivity contribution in [3.63, 3.8) is 0 Å². The number of para-hydroxylation sites is 1. The van der Waals surface area contributed by atoms with Gasteiger partial charge in [0.2, 0.25) is 0 Å². The molecule has 0 aliphatic carbocycles. The standard InChI is InChI=1S/C22H16N2O2/c25-19-13-11-16(12-14-19)15-20-21(17-7-3-1-4-8-17)23-24(22(20)26)18-9-5-2-6-10-18/h1-15,25H/b20-15-. The normalized spacial score (nSPS) is 15.4. The van der Waals surface area contributed by atoms with Crippen LogP contribution >= 0.6 is 0 Å². The first-order valence-corrected chi connectivity index (χ1v) is 8.27. The summed E-state index contributed by atoms with van der Waals surface area (Å²) in [6.45, 7) is 0. The molecule has 1 N–H and O–H groups in total. The third kappa shape index (κ3) is 3.00. The molecular formula is C22H16N2O2. The van der Waals surface area contributed by atoms with Crippen LogP contribution in [0.5, 0.6) is 5.75 Å². The molecule has 1 aliphatic heterocycles. The summed E-state index contributed by atoms with van der Waals surface area (Å²) in [6, 6.07) is 25.7. The van der Waals surface area contributed by atoms with Crippen molar-refractivity contribution in [2.24, 2.45) is 5.10 Å². The van der Waals surface area contributed by atoms with Gasteiger partial charge in [-0.25, -0.2) is 0 Å². The van der Waals surface area contributed by atoms with E-state index < -0.39 is 0 Å². The highest BCUT2D eigenvalue weighted by Crippen LogP contribution is 2.27. The molecular weight excluding hydrogens is 324 g/mol. The number of benzene rings is 3. The number of phenolic OH excluding ortho intramolecular Hbond substituents is 1. The van der Waals surface area contributed by atoms with Crippen LogP contribution in [0.3, 0.4) is 0 Å². The fourth-order valence-electron chi connectivity index (χ4n) is 2.84. The summed E-state index contributed by atoms with van der Waals surface area (Å²) >= 11 is 0. The predicted octanol–water partition coefficient (Wildman–Crippen LogP) is 4.23. The molecule has 4 heteroatoms. The second-order valence-corrected chi connectivity index (χ2v) is 5.92. The molecule has 0 bridgehead atoms. The minimum atomic E-state index is -0.178. The van der Waals surface area contributed by atoms with Crippen LogP contribution in [0.15, 0.2) is 95.6 Å². The topological polar surface area (TPSA) is 52.9 Å². The number of carbonyl (C=O) groups is 1. The van der Waals surface area contributed by atoms with Crippen LogP contribution < -0.4 is 5.01 Å². The molecule has 0 radical (unpaired) electrons. The van der Waals surface area contributed by atoms with Gasteiger partial charge >= 0.3 is 0 Å². The molecule has 0 spiro atoms. The highest BCUT2D eigenvalue weighted by atomic mass is 16.3. The average molecular weight is 340 g/mol. The highest BCUT2D eigenvalue weighted by molar-refractivity contribution is 6.37. The van der Waals surface area contributed by atoms with E-state index in [1.807, 2.05) is 60.7 Å². The Labute approximate surface area is 151 Å². The maximum atomic E-state index is 13.1. The summed E-state index contributed by atoms with van der Waals surface area (Å²) in [4.78, 5) is 13.1. The SMILES string of the molecule is O=C1/C(=C\c2ccc(O)cc2)C(c2ccccc2)=NN1c1ccccc1. The molecule has 0 aromatic heterocycles. The summed E-state index contributed by atoms with van der Waals surface area (Å²) < 4.78 is 0. The van der Waals surface area contributed by atoms with Gasteiger partial charge in [0.1, 0.15) is 11.5 Å². The minimum Gasteiger partial charge on any atom is -0.508 e. The number of carbonyl (C=O) groups excluding carboxylic acids is 1. The Bertz CT molecular complexity index is 991. The Hall–Kier alpha value is -3.66. The number of nitrogens with zero attached hydrogens (tertiary/aromatic N) is 2. The number of rotatable bonds is 3. The number of anilines is 1. The first-order chi connectivity index (χ1) is 12.7. The minimum absolute atomic E-state index is 0.178. The zero-order chi connectivity index (χ0) is 17.9. The van der Waals surface area contributed by atoms with Crippen molar-refractivity contribution >= 4 is 23.4 Å². The van der Waals surface area contributed by atoms with Crippen LogP contribution in [-0.4, -0.2) is 16.7 Å². The van der Waals surface area contributed by atoms with Gasteiger partial charge in [-0.15, -0.1) is 0 Å². The molecule has 0 saturated carbocycles. The first-order valence-electron chi connectivity index (χ1n) is 8.27. The van der Waals surface area contributed by atoms with Gasteiger partial charge in [-0.1, -0.05) is 60.7 Å². The van der Waals surface area contributed by atoms with Gasteiger partial charge < -0.3 is 5.11 Å². The Morgan fingerprint density at radius 2 is 1.42 bits per heavy atom. The fraction of sp³-hybridized carbons (Fsp3) is 0. The average Bonchev–Trinajstić information content (AvgIpc) is 3.01. The van der Waals surface area contributed by atoms with Gasteiger partial charge in [0.05, 0.1) is 11.3 Å². The zero-order valence-electron chi connectivity index (χ0n) is 13.9. The molecule has 1 heterocycles. The first kappa shape index (κ1) is 15.8. The molecule has 26 heavy (non-hydrogen) atoms. The van der Waals surface area contributed by atoms with Gasteiger partial charge in [-0.2, -0.15) is 10.1 Å². The molecule has 1 amide bonds. The molecule has 4 rings (SSSR count). The van der Waals surface area contributed by atoms with Gasteiger partial charge in [0, 0.05) is 5.56 Å². The number of hydrogen-bond donors (Lipinski definition) is 1. The highest BCUT2D eigenvalue weighted by Gasteiger charge is 2.31. The molecule has 1 aliphatic rings. The summed E-state index contributed by atoms with van der Waals surface area (Å²) in [5.74, 6) is 0.0101. The second kappa shape index (κ2) is 6.69. The summed E-state index contributed by atoms with van der Waals surface area (Å²) in [6.07, 6.45) is 1.80. The second-order valence-electron chi connectivity index (χ2n) is 5.92. The Morgan fingerprint density at radius 1 is 0.808 bits per heavy atom. The Balaban J connectivity index is 1.82. The van der Waals surface area contributed by atoms with Crippen molar-refractivity contribution in [3.8, 4) is 5.75 Å². The zero-order valence-corrected chi connectivity index (χ0v) is 13.9. The monoisotopic (exact) mass is 340 g/mol. The lowest BCUT2D eigenvalue weighted by Gasteiger charge is -2.10. The van der Waals surface area contributed by atoms with Crippen molar-refractivity contribution in [2.75, 3.05) is 5.01 Å². The molecule has 0 unspecified atom stereocenters. The number of aromatic hydroxyl groups is 1. The van der Waals surface area contributed by atoms with E-state index in [2.05, 4.69) is 5.10 Å². The lowest BCUT2D eigenvalue weighted by atomic mass is 10.0. The van der Waals surface area contributed by atoms with Crippen LogP contribution in [0.2, 0.25) is 0 Å². The Kier molecular flexibility index (Phi) is 4.07. The van der Waals surface area contributed by atoms with E-state index in [1.165, 1.54) is 5.01 Å². The van der Waals surface area contributed by atoms with E-state index >= 15 is 0 Å². The third-order valence-electron chi connectivity index (χ3n) is 4.13. The van der Waals surface area contributed by atoms with Crippen LogP contribution in [0.25, 0.3) is 6.08 Å². The van der Waals surface area contributed by atoms with E-state index in [4.69, 9.17) is 0 Å². The van der Waals surface area contributed by atoms with E-state index in [9.17, 15) is 9.90 Å². The van der Waals surface area contributed by atoms with E-state index in [0.29, 0.717) is 11.3 Å². The van der Waals surface area contributed by atoms with Crippen LogP contribution in [0, 0.1) is 0 Å². The molecule has 4 nitrogen and oxygen atoms in total. The van der Waals surface area contributed by atoms with E-state index in [-0.39, 0.29) is 11.7 Å². The smallest absolute Gasteiger partial charge is 0.281 e. The van der Waals surface area contributed by atoms with E-state index in [1.54, 1.807) is 30.3 Å². The third-order valence-corrected chi connectivity index (χ3v) is 4.13. The largest absolute Gasteiger partial charge is 0.508 e. The van der Waals surface area contributed by atoms with Gasteiger partial charge in [0.25, 0.3) is 5.91 Å². The number of amides is 1. The van der Waals surface area contributed by atoms with Gasteiger partial charge in [-0.3, -0.25) is 4.79 Å². The molecule has 0 fully saturated rings. The molecule has 3 aromatic rings. The quantitative estimate of drug-likeness (QED) is 0.726. The summed E-state index contributed by atoms with van der Waals surface area (Å²) in [5.41, 5.74) is 3.58. The lowest BCUT2D eigenvalue weighted by Crippen LogP contribution is -2.21. The fourth-order valence-corrected chi connectivity index (χ4v) is 2.84. The molecule has 126 valence electrons.